The van der Waals surface area contributed by atoms with Crippen LogP contribution in [0.1, 0.15) is 15.9 Å². The van der Waals surface area contributed by atoms with Crippen LogP contribution in [0.25, 0.3) is 16.6 Å². The number of hydrogen-bond donors (Lipinski definition) is 1. The molecule has 1 aromatic heterocycles. The molecule has 3 aromatic carbocycles. The van der Waals surface area contributed by atoms with Gasteiger partial charge in [0.25, 0.3) is 11.5 Å². The molecule has 0 aliphatic rings. The van der Waals surface area contributed by atoms with Gasteiger partial charge < -0.3 is 14.8 Å². The molecule has 7 nitrogen and oxygen atoms in total. The summed E-state index contributed by atoms with van der Waals surface area (Å²) in [6, 6.07) is 19.7. The summed E-state index contributed by atoms with van der Waals surface area (Å²) >= 11 is 7.44. The number of carbonyl (C=O) groups excluding carboxylic acids is 1. The van der Waals surface area contributed by atoms with E-state index in [0.717, 1.165) is 5.56 Å². The first-order valence-electron chi connectivity index (χ1n) is 10.9. The first kappa shape index (κ1) is 24.8. The van der Waals surface area contributed by atoms with Gasteiger partial charge in [-0.25, -0.2) is 4.98 Å². The second-order valence-corrected chi connectivity index (χ2v) is 9.01. The molecule has 180 valence electrons. The summed E-state index contributed by atoms with van der Waals surface area (Å²) < 4.78 is 11.9. The number of amides is 1. The van der Waals surface area contributed by atoms with Crippen LogP contribution in [-0.2, 0) is 10.5 Å². The van der Waals surface area contributed by atoms with E-state index in [9.17, 15) is 9.59 Å². The van der Waals surface area contributed by atoms with Gasteiger partial charge in [0.05, 0.1) is 30.3 Å². The molecule has 1 amide bonds. The number of rotatable bonds is 9. The maximum absolute atomic E-state index is 13.6. The average molecular weight is 510 g/mol. The maximum Gasteiger partial charge on any atom is 0.266 e. The summed E-state index contributed by atoms with van der Waals surface area (Å²) in [5.74, 6) is 0.959. The van der Waals surface area contributed by atoms with Crippen LogP contribution in [0.2, 0.25) is 5.02 Å². The smallest absolute Gasteiger partial charge is 0.266 e. The Hall–Kier alpha value is -3.33. The average Bonchev–Trinajstić information content (AvgIpc) is 2.88. The highest BCUT2D eigenvalue weighted by atomic mass is 35.5. The molecule has 0 bridgehead atoms. The van der Waals surface area contributed by atoms with Crippen LogP contribution >= 0.6 is 23.4 Å². The minimum Gasteiger partial charge on any atom is -0.497 e. The first-order valence-corrected chi connectivity index (χ1v) is 12.2. The van der Waals surface area contributed by atoms with Gasteiger partial charge in [-0.1, -0.05) is 41.6 Å². The van der Waals surface area contributed by atoms with E-state index >= 15 is 0 Å². The Balaban J connectivity index is 1.78. The van der Waals surface area contributed by atoms with Crippen molar-refractivity contribution >= 4 is 40.2 Å². The Bertz CT molecular complexity index is 1410. The van der Waals surface area contributed by atoms with E-state index < -0.39 is 0 Å². The van der Waals surface area contributed by atoms with Crippen molar-refractivity contribution in [3.8, 4) is 11.4 Å². The Morgan fingerprint density at radius 1 is 1.09 bits per heavy atom. The van der Waals surface area contributed by atoms with Gasteiger partial charge in [0, 0.05) is 36.1 Å². The lowest BCUT2D eigenvalue weighted by molar-refractivity contribution is 0.0937. The lowest BCUT2D eigenvalue weighted by atomic mass is 10.1. The van der Waals surface area contributed by atoms with Gasteiger partial charge in [0.2, 0.25) is 0 Å². The van der Waals surface area contributed by atoms with Gasteiger partial charge >= 0.3 is 0 Å². The molecule has 0 spiro atoms. The molecular weight excluding hydrogens is 486 g/mol. The van der Waals surface area contributed by atoms with Crippen LogP contribution < -0.4 is 15.6 Å². The minimum atomic E-state index is -0.252. The number of hydrogen-bond acceptors (Lipinski definition) is 6. The maximum atomic E-state index is 13.6. The largest absolute Gasteiger partial charge is 0.497 e. The molecule has 0 radical (unpaired) electrons. The Morgan fingerprint density at radius 2 is 1.89 bits per heavy atom. The third-order valence-corrected chi connectivity index (χ3v) is 6.55. The van der Waals surface area contributed by atoms with Crippen LogP contribution in [0.15, 0.2) is 76.7 Å². The number of nitrogens with one attached hydrogen (secondary N) is 1. The van der Waals surface area contributed by atoms with Gasteiger partial charge in [-0.3, -0.25) is 14.2 Å². The van der Waals surface area contributed by atoms with Crippen molar-refractivity contribution < 1.29 is 14.3 Å². The number of fused-ring (bicyclic) bond motifs is 1. The van der Waals surface area contributed by atoms with Crippen molar-refractivity contribution in [2.24, 2.45) is 0 Å². The van der Waals surface area contributed by atoms with E-state index in [1.807, 2.05) is 42.5 Å². The lowest BCUT2D eigenvalue weighted by Gasteiger charge is -2.14. The number of methoxy groups -OCH3 is 2. The fourth-order valence-corrected chi connectivity index (χ4v) is 4.57. The number of aromatic nitrogens is 2. The molecular formula is C26H24ClN3O4S. The van der Waals surface area contributed by atoms with E-state index in [1.54, 1.807) is 43.1 Å². The fraction of sp³-hybridized carbons (Fsp3) is 0.192. The molecule has 0 saturated heterocycles. The van der Waals surface area contributed by atoms with Crippen molar-refractivity contribution in [3.05, 3.63) is 93.2 Å². The van der Waals surface area contributed by atoms with E-state index in [1.165, 1.54) is 11.8 Å². The van der Waals surface area contributed by atoms with Crippen LogP contribution in [-0.4, -0.2) is 42.8 Å². The SMILES string of the molecule is COCCNC(=O)c1ccc2c(=O)n(-c3cccc(OC)c3)c(SCc3ccc(Cl)cc3)nc2c1. The summed E-state index contributed by atoms with van der Waals surface area (Å²) in [6.07, 6.45) is 0. The van der Waals surface area contributed by atoms with E-state index in [4.69, 9.17) is 26.1 Å². The zero-order chi connectivity index (χ0) is 24.8. The zero-order valence-corrected chi connectivity index (χ0v) is 20.9. The molecule has 0 aliphatic heterocycles. The van der Waals surface area contributed by atoms with Gasteiger partial charge in [-0.05, 0) is 48.0 Å². The topological polar surface area (TPSA) is 82.5 Å². The first-order chi connectivity index (χ1) is 17.0. The third kappa shape index (κ3) is 5.85. The summed E-state index contributed by atoms with van der Waals surface area (Å²) in [7, 11) is 3.15. The standard InChI is InChI=1S/C26H24ClN3O4S/c1-33-13-12-28-24(31)18-8-11-22-23(14-18)29-26(35-16-17-6-9-19(27)10-7-17)30(25(22)32)20-4-3-5-21(15-20)34-2/h3-11,14-15H,12-13,16H2,1-2H3,(H,28,31). The highest BCUT2D eigenvalue weighted by Crippen LogP contribution is 2.27. The van der Waals surface area contributed by atoms with Crippen molar-refractivity contribution in [2.45, 2.75) is 10.9 Å². The molecule has 9 heteroatoms. The quantitative estimate of drug-likeness (QED) is 0.200. The predicted octanol–water partition coefficient (Wildman–Crippen LogP) is 4.72. The van der Waals surface area contributed by atoms with Crippen LogP contribution in [0.4, 0.5) is 0 Å². The number of halogens is 1. The molecule has 0 fully saturated rings. The molecule has 4 rings (SSSR count). The van der Waals surface area contributed by atoms with Crippen LogP contribution in [0, 0.1) is 0 Å². The molecule has 0 aliphatic carbocycles. The van der Waals surface area contributed by atoms with Crippen molar-refractivity contribution in [3.63, 3.8) is 0 Å². The second kappa shape index (κ2) is 11.4. The number of nitrogens with zero attached hydrogens (tertiary/aromatic N) is 2. The second-order valence-electron chi connectivity index (χ2n) is 7.63. The highest BCUT2D eigenvalue weighted by molar-refractivity contribution is 7.98. The predicted molar refractivity (Wildman–Crippen MR) is 139 cm³/mol. The summed E-state index contributed by atoms with van der Waals surface area (Å²) in [4.78, 5) is 30.9. The molecule has 0 saturated carbocycles. The monoisotopic (exact) mass is 509 g/mol. The summed E-state index contributed by atoms with van der Waals surface area (Å²) in [5, 5.41) is 4.37. The van der Waals surface area contributed by atoms with Crippen molar-refractivity contribution in [2.75, 3.05) is 27.4 Å². The van der Waals surface area contributed by atoms with E-state index in [-0.39, 0.29) is 11.5 Å². The number of thioether (sulfide) groups is 1. The van der Waals surface area contributed by atoms with Crippen LogP contribution in [0.3, 0.4) is 0 Å². The van der Waals surface area contributed by atoms with Gasteiger partial charge in [-0.2, -0.15) is 0 Å². The van der Waals surface area contributed by atoms with Crippen molar-refractivity contribution in [1.82, 2.24) is 14.9 Å². The minimum absolute atomic E-state index is 0.229. The molecule has 1 N–H and O–H groups in total. The lowest BCUT2D eigenvalue weighted by Crippen LogP contribution is -2.27. The van der Waals surface area contributed by atoms with E-state index in [2.05, 4.69) is 5.32 Å². The molecule has 1 heterocycles. The highest BCUT2D eigenvalue weighted by Gasteiger charge is 2.16. The van der Waals surface area contributed by atoms with Gasteiger partial charge in [-0.15, -0.1) is 0 Å². The Morgan fingerprint density at radius 3 is 2.63 bits per heavy atom. The number of carbonyl (C=O) groups is 1. The number of benzene rings is 3. The number of ether oxygens (including phenoxy) is 2. The van der Waals surface area contributed by atoms with E-state index in [0.29, 0.717) is 57.0 Å². The molecule has 35 heavy (non-hydrogen) atoms. The molecule has 4 aromatic rings. The zero-order valence-electron chi connectivity index (χ0n) is 19.3. The van der Waals surface area contributed by atoms with Crippen LogP contribution in [0.5, 0.6) is 5.75 Å². The third-order valence-electron chi connectivity index (χ3n) is 5.29. The Kier molecular flexibility index (Phi) is 8.07. The summed E-state index contributed by atoms with van der Waals surface area (Å²) in [6.45, 7) is 0.800. The van der Waals surface area contributed by atoms with Gasteiger partial charge in [0.1, 0.15) is 5.75 Å². The normalized spacial score (nSPS) is 10.9. The Labute approximate surface area is 212 Å². The fourth-order valence-electron chi connectivity index (χ4n) is 3.48. The van der Waals surface area contributed by atoms with Crippen molar-refractivity contribution in [1.29, 1.82) is 0 Å². The summed E-state index contributed by atoms with van der Waals surface area (Å²) in [5.41, 5.74) is 2.33. The molecule has 0 unspecified atom stereocenters. The molecule has 0 atom stereocenters. The van der Waals surface area contributed by atoms with Gasteiger partial charge in [0.15, 0.2) is 5.16 Å².